The van der Waals surface area contributed by atoms with E-state index in [1.807, 2.05) is 42.0 Å². The third kappa shape index (κ3) is 3.88. The standard InChI is InChI=1S/C19H25BN2O/c1-3-21(17-12-13-17)19-11-7-8-16(14-19)15-22(20(2)23)18-9-5-4-6-10-18/h4-11,14,17,23H,3,12-13,15H2,1-2H3. The third-order valence-electron chi connectivity index (χ3n) is 4.46. The van der Waals surface area contributed by atoms with Crippen molar-refractivity contribution in [2.24, 2.45) is 0 Å². The van der Waals surface area contributed by atoms with Crippen molar-refractivity contribution >= 4 is 18.4 Å². The Balaban J connectivity index is 1.80. The first-order valence-electron chi connectivity index (χ1n) is 8.54. The summed E-state index contributed by atoms with van der Waals surface area (Å²) in [6.07, 6.45) is 2.61. The van der Waals surface area contributed by atoms with Gasteiger partial charge in [-0.05, 0) is 56.4 Å². The Morgan fingerprint density at radius 1 is 1.04 bits per heavy atom. The molecule has 0 aliphatic heterocycles. The molecule has 0 atom stereocenters. The highest BCUT2D eigenvalue weighted by Gasteiger charge is 2.28. The molecule has 0 radical (unpaired) electrons. The highest BCUT2D eigenvalue weighted by molar-refractivity contribution is 6.53. The molecule has 2 aromatic rings. The van der Waals surface area contributed by atoms with Crippen molar-refractivity contribution in [3.8, 4) is 0 Å². The molecule has 3 nitrogen and oxygen atoms in total. The first kappa shape index (κ1) is 15.9. The molecule has 1 fully saturated rings. The average molecular weight is 308 g/mol. The van der Waals surface area contributed by atoms with Crippen molar-refractivity contribution in [3.05, 3.63) is 60.2 Å². The number of hydrogen-bond acceptors (Lipinski definition) is 3. The Morgan fingerprint density at radius 3 is 2.35 bits per heavy atom. The normalized spacial score (nSPS) is 13.7. The van der Waals surface area contributed by atoms with Gasteiger partial charge in [-0.15, -0.1) is 0 Å². The maximum Gasteiger partial charge on any atom is 0.409 e. The average Bonchev–Trinajstić information content (AvgIpc) is 3.39. The summed E-state index contributed by atoms with van der Waals surface area (Å²) in [7, 11) is -0.522. The minimum absolute atomic E-state index is 0.522. The summed E-state index contributed by atoms with van der Waals surface area (Å²) < 4.78 is 0. The Hall–Kier alpha value is -1.94. The molecule has 1 aliphatic carbocycles. The first-order chi connectivity index (χ1) is 11.2. The smallest absolute Gasteiger partial charge is 0.409 e. The van der Waals surface area contributed by atoms with Crippen LogP contribution in [0.4, 0.5) is 11.4 Å². The fourth-order valence-corrected chi connectivity index (χ4v) is 3.13. The summed E-state index contributed by atoms with van der Waals surface area (Å²) >= 11 is 0. The van der Waals surface area contributed by atoms with Gasteiger partial charge in [0.2, 0.25) is 0 Å². The van der Waals surface area contributed by atoms with E-state index < -0.39 is 7.05 Å². The van der Waals surface area contributed by atoms with Gasteiger partial charge in [-0.2, -0.15) is 0 Å². The quantitative estimate of drug-likeness (QED) is 0.788. The van der Waals surface area contributed by atoms with Gasteiger partial charge < -0.3 is 14.7 Å². The molecule has 0 unspecified atom stereocenters. The summed E-state index contributed by atoms with van der Waals surface area (Å²) in [6.45, 7) is 5.79. The number of nitrogens with zero attached hydrogens (tertiary/aromatic N) is 2. The summed E-state index contributed by atoms with van der Waals surface area (Å²) in [5.41, 5.74) is 3.57. The van der Waals surface area contributed by atoms with Crippen LogP contribution in [0, 0.1) is 0 Å². The molecular weight excluding hydrogens is 283 g/mol. The van der Waals surface area contributed by atoms with Crippen molar-refractivity contribution in [2.45, 2.75) is 39.2 Å². The fourth-order valence-electron chi connectivity index (χ4n) is 3.13. The fraction of sp³-hybridized carbons (Fsp3) is 0.368. The third-order valence-corrected chi connectivity index (χ3v) is 4.46. The SMILES string of the molecule is CCN(c1cccc(CN(B(C)O)c2ccccc2)c1)C1CC1. The monoisotopic (exact) mass is 308 g/mol. The zero-order valence-corrected chi connectivity index (χ0v) is 14.0. The van der Waals surface area contributed by atoms with Gasteiger partial charge in [-0.25, -0.2) is 0 Å². The molecule has 0 bridgehead atoms. The minimum atomic E-state index is -0.522. The minimum Gasteiger partial charge on any atom is -0.432 e. The maximum atomic E-state index is 10.2. The molecule has 2 aromatic carbocycles. The molecule has 23 heavy (non-hydrogen) atoms. The van der Waals surface area contributed by atoms with E-state index in [9.17, 15) is 5.02 Å². The van der Waals surface area contributed by atoms with E-state index in [0.717, 1.165) is 18.3 Å². The molecule has 0 spiro atoms. The second-order valence-corrected chi connectivity index (χ2v) is 6.28. The Kier molecular flexibility index (Phi) is 4.92. The number of hydrogen-bond donors (Lipinski definition) is 1. The van der Waals surface area contributed by atoms with E-state index >= 15 is 0 Å². The van der Waals surface area contributed by atoms with Crippen LogP contribution in [0.15, 0.2) is 54.6 Å². The van der Waals surface area contributed by atoms with E-state index in [1.54, 1.807) is 0 Å². The van der Waals surface area contributed by atoms with Crippen LogP contribution < -0.4 is 9.71 Å². The number of para-hydroxylation sites is 1. The van der Waals surface area contributed by atoms with Crippen molar-refractivity contribution in [1.82, 2.24) is 0 Å². The molecule has 1 saturated carbocycles. The van der Waals surface area contributed by atoms with E-state index in [0.29, 0.717) is 6.54 Å². The number of anilines is 2. The van der Waals surface area contributed by atoms with Gasteiger partial charge in [0.25, 0.3) is 0 Å². The predicted molar refractivity (Wildman–Crippen MR) is 98.9 cm³/mol. The molecule has 4 heteroatoms. The molecule has 0 saturated heterocycles. The molecular formula is C19H25BN2O. The van der Waals surface area contributed by atoms with E-state index in [-0.39, 0.29) is 0 Å². The molecule has 3 rings (SSSR count). The van der Waals surface area contributed by atoms with Crippen LogP contribution in [0.5, 0.6) is 0 Å². The second-order valence-electron chi connectivity index (χ2n) is 6.28. The number of benzene rings is 2. The van der Waals surface area contributed by atoms with Crippen LogP contribution >= 0.6 is 0 Å². The van der Waals surface area contributed by atoms with Crippen LogP contribution in [-0.2, 0) is 6.54 Å². The second kappa shape index (κ2) is 7.09. The van der Waals surface area contributed by atoms with Crippen LogP contribution in [0.25, 0.3) is 0 Å². The molecule has 0 heterocycles. The maximum absolute atomic E-state index is 10.2. The van der Waals surface area contributed by atoms with Crippen molar-refractivity contribution in [3.63, 3.8) is 0 Å². The van der Waals surface area contributed by atoms with Gasteiger partial charge in [-0.1, -0.05) is 30.3 Å². The van der Waals surface area contributed by atoms with Gasteiger partial charge in [0.05, 0.1) is 0 Å². The topological polar surface area (TPSA) is 26.7 Å². The van der Waals surface area contributed by atoms with E-state index in [4.69, 9.17) is 0 Å². The zero-order chi connectivity index (χ0) is 16.2. The summed E-state index contributed by atoms with van der Waals surface area (Å²) in [5.74, 6) is 0. The van der Waals surface area contributed by atoms with Crippen LogP contribution in [-0.4, -0.2) is 24.7 Å². The largest absolute Gasteiger partial charge is 0.432 e. The predicted octanol–water partition coefficient (Wildman–Crippen LogP) is 3.79. The highest BCUT2D eigenvalue weighted by Crippen LogP contribution is 2.32. The summed E-state index contributed by atoms with van der Waals surface area (Å²) in [5, 5.41) is 10.2. The van der Waals surface area contributed by atoms with Crippen LogP contribution in [0.3, 0.4) is 0 Å². The highest BCUT2D eigenvalue weighted by atomic mass is 16.2. The van der Waals surface area contributed by atoms with Crippen LogP contribution in [0.1, 0.15) is 25.3 Å². The van der Waals surface area contributed by atoms with Gasteiger partial charge in [0.1, 0.15) is 0 Å². The lowest BCUT2D eigenvalue weighted by molar-refractivity contribution is 0.569. The molecule has 1 aliphatic rings. The lowest BCUT2D eigenvalue weighted by Crippen LogP contribution is -2.36. The van der Waals surface area contributed by atoms with Gasteiger partial charge >= 0.3 is 7.05 Å². The summed E-state index contributed by atoms with van der Waals surface area (Å²) in [6, 6.07) is 19.5. The van der Waals surface area contributed by atoms with E-state index in [1.165, 1.54) is 24.1 Å². The number of rotatable bonds is 7. The van der Waals surface area contributed by atoms with Gasteiger partial charge in [-0.3, -0.25) is 0 Å². The Bertz CT molecular complexity index is 628. The molecule has 120 valence electrons. The summed E-state index contributed by atoms with van der Waals surface area (Å²) in [4.78, 5) is 4.51. The van der Waals surface area contributed by atoms with E-state index in [2.05, 4.69) is 36.1 Å². The van der Waals surface area contributed by atoms with Crippen molar-refractivity contribution < 1.29 is 5.02 Å². The van der Waals surface area contributed by atoms with Crippen LogP contribution in [0.2, 0.25) is 6.82 Å². The van der Waals surface area contributed by atoms with Crippen molar-refractivity contribution in [2.75, 3.05) is 16.3 Å². The Morgan fingerprint density at radius 2 is 1.74 bits per heavy atom. The molecule has 1 N–H and O–H groups in total. The molecule has 0 aromatic heterocycles. The van der Waals surface area contributed by atoms with Gasteiger partial charge in [0.15, 0.2) is 0 Å². The zero-order valence-electron chi connectivity index (χ0n) is 14.0. The van der Waals surface area contributed by atoms with Crippen molar-refractivity contribution in [1.29, 1.82) is 0 Å². The Labute approximate surface area is 139 Å². The van der Waals surface area contributed by atoms with Gasteiger partial charge in [0, 0.05) is 30.5 Å². The molecule has 0 amide bonds. The lowest BCUT2D eigenvalue weighted by Gasteiger charge is -2.27. The lowest BCUT2D eigenvalue weighted by atomic mass is 9.83. The first-order valence-corrected chi connectivity index (χ1v) is 8.54.